The molecule has 0 aliphatic heterocycles. The number of hydrogen-bond acceptors (Lipinski definition) is 4. The molecule has 0 heterocycles. The first-order valence-electron chi connectivity index (χ1n) is 7.13. The molecule has 1 saturated carbocycles. The topological polar surface area (TPSA) is 41.6 Å². The van der Waals surface area contributed by atoms with E-state index in [2.05, 4.69) is 24.2 Å². The number of nitrogens with one attached hydrogen (secondary N) is 1. The standard InChI is InChI=1S/C14H28N2O2/c1-5-10-16(3)12-8-7-9-14(11-12,15-6-2)13(17)18-4/h12,15H,5-11H2,1-4H3. The Labute approximate surface area is 111 Å². The molecule has 0 amide bonds. The van der Waals surface area contributed by atoms with Crippen LogP contribution < -0.4 is 5.32 Å². The fourth-order valence-corrected chi connectivity index (χ4v) is 3.11. The van der Waals surface area contributed by atoms with Gasteiger partial charge in [0.15, 0.2) is 0 Å². The maximum atomic E-state index is 12.1. The fraction of sp³-hybridized carbons (Fsp3) is 0.929. The van der Waals surface area contributed by atoms with Crippen molar-refractivity contribution in [2.24, 2.45) is 0 Å². The summed E-state index contributed by atoms with van der Waals surface area (Å²) in [4.78, 5) is 14.5. The van der Waals surface area contributed by atoms with Crippen molar-refractivity contribution in [2.75, 3.05) is 27.2 Å². The minimum Gasteiger partial charge on any atom is -0.468 e. The molecule has 4 heteroatoms. The molecular formula is C14H28N2O2. The lowest BCUT2D eigenvalue weighted by atomic mass is 9.78. The maximum Gasteiger partial charge on any atom is 0.326 e. The van der Waals surface area contributed by atoms with E-state index in [9.17, 15) is 4.79 Å². The summed E-state index contributed by atoms with van der Waals surface area (Å²) in [6.45, 7) is 6.13. The minimum absolute atomic E-state index is 0.0982. The van der Waals surface area contributed by atoms with Crippen LogP contribution in [0.3, 0.4) is 0 Å². The number of esters is 1. The highest BCUT2D eigenvalue weighted by Gasteiger charge is 2.43. The number of carbonyl (C=O) groups excluding carboxylic acids is 1. The highest BCUT2D eigenvalue weighted by atomic mass is 16.5. The lowest BCUT2D eigenvalue weighted by molar-refractivity contribution is -0.151. The molecule has 0 aromatic carbocycles. The van der Waals surface area contributed by atoms with Crippen LogP contribution in [0.4, 0.5) is 0 Å². The third-order valence-corrected chi connectivity index (χ3v) is 4.02. The van der Waals surface area contributed by atoms with Crippen LogP contribution in [0, 0.1) is 0 Å². The molecule has 1 aliphatic carbocycles. The molecule has 0 bridgehead atoms. The molecule has 0 aromatic heterocycles. The number of hydrogen-bond donors (Lipinski definition) is 1. The number of methoxy groups -OCH3 is 1. The Morgan fingerprint density at radius 3 is 2.78 bits per heavy atom. The Balaban J connectivity index is 2.76. The van der Waals surface area contributed by atoms with E-state index in [1.54, 1.807) is 0 Å². The first-order valence-corrected chi connectivity index (χ1v) is 7.13. The second-order valence-corrected chi connectivity index (χ2v) is 5.33. The molecule has 4 nitrogen and oxygen atoms in total. The number of nitrogens with zero attached hydrogens (tertiary/aromatic N) is 1. The third kappa shape index (κ3) is 3.45. The van der Waals surface area contributed by atoms with E-state index < -0.39 is 5.54 Å². The van der Waals surface area contributed by atoms with Crippen molar-refractivity contribution >= 4 is 5.97 Å². The zero-order valence-corrected chi connectivity index (χ0v) is 12.3. The second-order valence-electron chi connectivity index (χ2n) is 5.33. The van der Waals surface area contributed by atoms with Crippen LogP contribution in [0.5, 0.6) is 0 Å². The van der Waals surface area contributed by atoms with E-state index in [-0.39, 0.29) is 5.97 Å². The molecule has 0 aromatic rings. The van der Waals surface area contributed by atoms with Crippen molar-refractivity contribution in [2.45, 2.75) is 57.5 Å². The van der Waals surface area contributed by atoms with Crippen LogP contribution in [0.25, 0.3) is 0 Å². The predicted octanol–water partition coefficient (Wildman–Crippen LogP) is 1.79. The van der Waals surface area contributed by atoms with Crippen LogP contribution >= 0.6 is 0 Å². The van der Waals surface area contributed by atoms with Gasteiger partial charge in [-0.05, 0) is 52.2 Å². The van der Waals surface area contributed by atoms with Crippen molar-refractivity contribution in [3.63, 3.8) is 0 Å². The van der Waals surface area contributed by atoms with E-state index >= 15 is 0 Å². The summed E-state index contributed by atoms with van der Waals surface area (Å²) in [5, 5.41) is 3.37. The summed E-state index contributed by atoms with van der Waals surface area (Å²) in [7, 11) is 3.65. The minimum atomic E-state index is -0.464. The van der Waals surface area contributed by atoms with Crippen molar-refractivity contribution < 1.29 is 9.53 Å². The molecule has 0 saturated heterocycles. The van der Waals surface area contributed by atoms with Crippen LogP contribution in [0.1, 0.15) is 46.0 Å². The van der Waals surface area contributed by atoms with Crippen molar-refractivity contribution in [1.82, 2.24) is 10.2 Å². The van der Waals surface area contributed by atoms with E-state index in [1.807, 2.05) is 6.92 Å². The Bertz CT molecular complexity index is 267. The molecule has 1 N–H and O–H groups in total. The first-order chi connectivity index (χ1) is 8.59. The van der Waals surface area contributed by atoms with Crippen molar-refractivity contribution in [3.05, 3.63) is 0 Å². The number of likely N-dealkylation sites (N-methyl/N-ethyl adjacent to an activating group) is 1. The summed E-state index contributed by atoms with van der Waals surface area (Å²) in [6, 6.07) is 0.483. The lowest BCUT2D eigenvalue weighted by Gasteiger charge is -2.42. The van der Waals surface area contributed by atoms with Gasteiger partial charge in [-0.1, -0.05) is 13.8 Å². The SMILES string of the molecule is CCCN(C)C1CCCC(NCC)(C(=O)OC)C1. The van der Waals surface area contributed by atoms with Crippen LogP contribution in [-0.2, 0) is 9.53 Å². The second kappa shape index (κ2) is 7.10. The van der Waals surface area contributed by atoms with Gasteiger partial charge in [0.2, 0.25) is 0 Å². The van der Waals surface area contributed by atoms with Crippen LogP contribution in [-0.4, -0.2) is 49.7 Å². The summed E-state index contributed by atoms with van der Waals surface area (Å²) < 4.78 is 5.01. The highest BCUT2D eigenvalue weighted by Crippen LogP contribution is 2.32. The van der Waals surface area contributed by atoms with Gasteiger partial charge in [0, 0.05) is 6.04 Å². The largest absolute Gasteiger partial charge is 0.468 e. The van der Waals surface area contributed by atoms with Gasteiger partial charge in [-0.3, -0.25) is 4.79 Å². The van der Waals surface area contributed by atoms with Crippen LogP contribution in [0.2, 0.25) is 0 Å². The van der Waals surface area contributed by atoms with E-state index in [4.69, 9.17) is 4.74 Å². The van der Waals surface area contributed by atoms with Gasteiger partial charge < -0.3 is 15.0 Å². The van der Waals surface area contributed by atoms with Gasteiger partial charge in [0.05, 0.1) is 7.11 Å². The van der Waals surface area contributed by atoms with Gasteiger partial charge in [0.25, 0.3) is 0 Å². The molecule has 1 aliphatic rings. The van der Waals surface area contributed by atoms with Crippen molar-refractivity contribution in [3.8, 4) is 0 Å². The Kier molecular flexibility index (Phi) is 6.09. The molecule has 1 fully saturated rings. The normalized spacial score (nSPS) is 28.4. The molecule has 1 rings (SSSR count). The highest BCUT2D eigenvalue weighted by molar-refractivity contribution is 5.81. The summed E-state index contributed by atoms with van der Waals surface area (Å²) in [6.07, 6.45) is 5.18. The van der Waals surface area contributed by atoms with Crippen LogP contribution in [0.15, 0.2) is 0 Å². The molecule has 106 valence electrons. The molecular weight excluding hydrogens is 228 g/mol. The smallest absolute Gasteiger partial charge is 0.326 e. The summed E-state index contributed by atoms with van der Waals surface area (Å²) >= 11 is 0. The summed E-state index contributed by atoms with van der Waals surface area (Å²) in [5.41, 5.74) is -0.464. The van der Waals surface area contributed by atoms with Gasteiger partial charge in [-0.15, -0.1) is 0 Å². The molecule has 0 spiro atoms. The van der Waals surface area contributed by atoms with E-state index in [0.29, 0.717) is 6.04 Å². The van der Waals surface area contributed by atoms with Gasteiger partial charge >= 0.3 is 5.97 Å². The van der Waals surface area contributed by atoms with Crippen molar-refractivity contribution in [1.29, 1.82) is 0 Å². The molecule has 2 unspecified atom stereocenters. The Morgan fingerprint density at radius 2 is 2.22 bits per heavy atom. The average molecular weight is 256 g/mol. The predicted molar refractivity (Wildman–Crippen MR) is 73.6 cm³/mol. The number of ether oxygens (including phenoxy) is 1. The Morgan fingerprint density at radius 1 is 1.50 bits per heavy atom. The average Bonchev–Trinajstić information content (AvgIpc) is 2.38. The van der Waals surface area contributed by atoms with Gasteiger partial charge in [-0.25, -0.2) is 0 Å². The monoisotopic (exact) mass is 256 g/mol. The third-order valence-electron chi connectivity index (χ3n) is 4.02. The first kappa shape index (κ1) is 15.4. The van der Waals surface area contributed by atoms with E-state index in [0.717, 1.165) is 38.8 Å². The number of carbonyl (C=O) groups is 1. The molecule has 18 heavy (non-hydrogen) atoms. The Hall–Kier alpha value is -0.610. The number of rotatable bonds is 6. The van der Waals surface area contributed by atoms with E-state index in [1.165, 1.54) is 13.5 Å². The van der Waals surface area contributed by atoms with Gasteiger partial charge in [0.1, 0.15) is 5.54 Å². The summed E-state index contributed by atoms with van der Waals surface area (Å²) in [5.74, 6) is -0.0982. The molecule has 2 atom stereocenters. The van der Waals surface area contributed by atoms with Gasteiger partial charge in [-0.2, -0.15) is 0 Å². The maximum absolute atomic E-state index is 12.1. The lowest BCUT2D eigenvalue weighted by Crippen LogP contribution is -2.58. The fourth-order valence-electron chi connectivity index (χ4n) is 3.11. The zero-order valence-electron chi connectivity index (χ0n) is 12.3. The zero-order chi connectivity index (χ0) is 13.6. The quantitative estimate of drug-likeness (QED) is 0.736. The molecule has 0 radical (unpaired) electrons.